The lowest BCUT2D eigenvalue weighted by molar-refractivity contribution is -0.133. The predicted octanol–water partition coefficient (Wildman–Crippen LogP) is 2.81. The largest absolute Gasteiger partial charge is 0.335 e. The van der Waals surface area contributed by atoms with Crippen LogP contribution in [0.15, 0.2) is 30.3 Å². The van der Waals surface area contributed by atoms with Gasteiger partial charge in [0, 0.05) is 12.8 Å². The van der Waals surface area contributed by atoms with Crippen LogP contribution in [0.25, 0.3) is 0 Å². The number of benzene rings is 1. The summed E-state index contributed by atoms with van der Waals surface area (Å²) in [6.45, 7) is 4.11. The molecule has 0 aliphatic heterocycles. The lowest BCUT2D eigenvalue weighted by atomic mass is 9.84. The van der Waals surface area contributed by atoms with Crippen molar-refractivity contribution in [3.8, 4) is 0 Å². The zero-order valence-electron chi connectivity index (χ0n) is 13.5. The molecule has 0 N–H and O–H groups in total. The summed E-state index contributed by atoms with van der Waals surface area (Å²) in [4.78, 5) is 14.5. The second kappa shape index (κ2) is 6.82. The zero-order chi connectivity index (χ0) is 16.3. The second-order valence-electron chi connectivity index (χ2n) is 6.35. The Hall–Kier alpha value is -1.36. The highest BCUT2D eigenvalue weighted by atomic mass is 32.2. The molecule has 0 spiro atoms. The predicted molar refractivity (Wildman–Crippen MR) is 88.2 cm³/mol. The van der Waals surface area contributed by atoms with E-state index in [1.54, 1.807) is 4.90 Å². The van der Waals surface area contributed by atoms with Gasteiger partial charge in [0.1, 0.15) is 5.25 Å². The third-order valence-corrected chi connectivity index (χ3v) is 6.19. The highest BCUT2D eigenvalue weighted by Gasteiger charge is 2.33. The Labute approximate surface area is 133 Å². The lowest BCUT2D eigenvalue weighted by Gasteiger charge is -2.37. The number of sulfone groups is 1. The highest BCUT2D eigenvalue weighted by molar-refractivity contribution is 7.92. The number of amides is 1. The Morgan fingerprint density at radius 3 is 2.27 bits per heavy atom. The van der Waals surface area contributed by atoms with E-state index in [0.717, 1.165) is 24.7 Å². The molecule has 5 heteroatoms. The number of nitrogens with zero attached hydrogens (tertiary/aromatic N) is 1. The minimum absolute atomic E-state index is 0.113. The Bertz CT molecular complexity index is 608. The van der Waals surface area contributed by atoms with Crippen LogP contribution in [0.5, 0.6) is 0 Å². The minimum atomic E-state index is -3.38. The summed E-state index contributed by atoms with van der Waals surface area (Å²) in [7, 11) is -3.38. The molecule has 1 saturated carbocycles. The number of hydrogen-bond acceptors (Lipinski definition) is 3. The van der Waals surface area contributed by atoms with Gasteiger partial charge in [-0.05, 0) is 38.2 Å². The molecule has 1 aromatic rings. The highest BCUT2D eigenvalue weighted by Crippen LogP contribution is 2.31. The van der Waals surface area contributed by atoms with Crippen LogP contribution in [0.2, 0.25) is 0 Å². The van der Waals surface area contributed by atoms with E-state index in [0.29, 0.717) is 12.5 Å². The molecular weight excluding hydrogens is 298 g/mol. The van der Waals surface area contributed by atoms with Crippen LogP contribution in [0.4, 0.5) is 0 Å². The van der Waals surface area contributed by atoms with Crippen molar-refractivity contribution in [2.75, 3.05) is 12.8 Å². The maximum Gasteiger partial charge on any atom is 0.241 e. The van der Waals surface area contributed by atoms with Gasteiger partial charge in [-0.25, -0.2) is 8.42 Å². The van der Waals surface area contributed by atoms with Crippen LogP contribution in [-0.2, 0) is 14.6 Å². The lowest BCUT2D eigenvalue weighted by Crippen LogP contribution is -2.45. The van der Waals surface area contributed by atoms with Crippen LogP contribution < -0.4 is 0 Å². The van der Waals surface area contributed by atoms with Gasteiger partial charge in [0.15, 0.2) is 9.84 Å². The maximum absolute atomic E-state index is 12.7. The Morgan fingerprint density at radius 1 is 1.23 bits per heavy atom. The first kappa shape index (κ1) is 17.0. The second-order valence-corrected chi connectivity index (χ2v) is 8.71. The van der Waals surface area contributed by atoms with Crippen molar-refractivity contribution in [1.82, 2.24) is 4.90 Å². The fourth-order valence-corrected chi connectivity index (χ4v) is 3.22. The van der Waals surface area contributed by atoms with Gasteiger partial charge in [-0.1, -0.05) is 36.8 Å². The summed E-state index contributed by atoms with van der Waals surface area (Å²) in [6.07, 6.45) is 4.58. The first-order valence-electron chi connectivity index (χ1n) is 7.85. The molecule has 1 aliphatic carbocycles. The summed E-state index contributed by atoms with van der Waals surface area (Å²) < 4.78 is 23.5. The molecule has 0 bridgehead atoms. The molecule has 2 atom stereocenters. The van der Waals surface area contributed by atoms with Crippen molar-refractivity contribution in [3.05, 3.63) is 35.9 Å². The first-order valence-corrected chi connectivity index (χ1v) is 9.80. The fraction of sp³-hybridized carbons (Fsp3) is 0.588. The van der Waals surface area contributed by atoms with Gasteiger partial charge < -0.3 is 4.90 Å². The van der Waals surface area contributed by atoms with Crippen LogP contribution in [-0.4, -0.2) is 37.3 Å². The topological polar surface area (TPSA) is 54.5 Å². The molecule has 1 fully saturated rings. The Balaban J connectivity index is 2.23. The molecular formula is C17H25NO3S. The monoisotopic (exact) mass is 323 g/mol. The van der Waals surface area contributed by atoms with Gasteiger partial charge >= 0.3 is 0 Å². The molecule has 0 unspecified atom stereocenters. The van der Waals surface area contributed by atoms with E-state index in [2.05, 4.69) is 0 Å². The first-order chi connectivity index (χ1) is 10.3. The molecule has 0 saturated heterocycles. The smallest absolute Gasteiger partial charge is 0.241 e. The number of carbonyl (C=O) groups excluding carboxylic acids is 1. The Morgan fingerprint density at radius 2 is 1.82 bits per heavy atom. The fourth-order valence-electron chi connectivity index (χ4n) is 2.72. The van der Waals surface area contributed by atoms with Gasteiger partial charge in [-0.2, -0.15) is 0 Å². The number of carbonyl (C=O) groups is 1. The van der Waals surface area contributed by atoms with Crippen LogP contribution in [0.1, 0.15) is 44.7 Å². The van der Waals surface area contributed by atoms with Crippen molar-refractivity contribution < 1.29 is 13.2 Å². The standard InChI is InChI=1S/C17H25NO3S/c1-13(16-10-5-4-6-11-16)18(12-15-8-7-9-15)17(19)14(2)22(3,20)21/h4-6,10-11,13-15H,7-9,12H2,1-3H3/t13-,14+/m0/s1. The van der Waals surface area contributed by atoms with Crippen molar-refractivity contribution in [3.63, 3.8) is 0 Å². The van der Waals surface area contributed by atoms with E-state index in [1.807, 2.05) is 37.3 Å². The molecule has 0 radical (unpaired) electrons. The van der Waals surface area contributed by atoms with Gasteiger partial charge in [-0.3, -0.25) is 4.79 Å². The molecule has 1 amide bonds. The average molecular weight is 323 g/mol. The van der Waals surface area contributed by atoms with E-state index in [-0.39, 0.29) is 11.9 Å². The maximum atomic E-state index is 12.7. The average Bonchev–Trinajstić information content (AvgIpc) is 2.44. The van der Waals surface area contributed by atoms with E-state index >= 15 is 0 Å². The van der Waals surface area contributed by atoms with Gasteiger partial charge in [0.05, 0.1) is 6.04 Å². The van der Waals surface area contributed by atoms with Crippen LogP contribution >= 0.6 is 0 Å². The van der Waals surface area contributed by atoms with E-state index in [4.69, 9.17) is 0 Å². The molecule has 122 valence electrons. The van der Waals surface area contributed by atoms with Crippen LogP contribution in [0.3, 0.4) is 0 Å². The van der Waals surface area contributed by atoms with Crippen molar-refractivity contribution >= 4 is 15.7 Å². The molecule has 4 nitrogen and oxygen atoms in total. The Kier molecular flexibility index (Phi) is 5.27. The van der Waals surface area contributed by atoms with E-state index in [1.165, 1.54) is 13.3 Å². The molecule has 22 heavy (non-hydrogen) atoms. The van der Waals surface area contributed by atoms with E-state index < -0.39 is 15.1 Å². The SMILES string of the molecule is C[C@H](C(=O)N(CC1CCC1)[C@@H](C)c1ccccc1)S(C)(=O)=O. The van der Waals surface area contributed by atoms with Crippen molar-refractivity contribution in [2.45, 2.75) is 44.4 Å². The summed E-state index contributed by atoms with van der Waals surface area (Å²) in [5.74, 6) is 0.215. The number of hydrogen-bond donors (Lipinski definition) is 0. The number of rotatable bonds is 6. The minimum Gasteiger partial charge on any atom is -0.335 e. The zero-order valence-corrected chi connectivity index (χ0v) is 14.3. The van der Waals surface area contributed by atoms with Crippen LogP contribution in [0, 0.1) is 5.92 Å². The summed E-state index contributed by atoms with van der Waals surface area (Å²) in [5, 5.41) is -0.987. The summed E-state index contributed by atoms with van der Waals surface area (Å²) >= 11 is 0. The third-order valence-electron chi connectivity index (χ3n) is 4.70. The van der Waals surface area contributed by atoms with Gasteiger partial charge in [0.25, 0.3) is 0 Å². The van der Waals surface area contributed by atoms with Gasteiger partial charge in [-0.15, -0.1) is 0 Å². The molecule has 1 aromatic carbocycles. The van der Waals surface area contributed by atoms with Crippen molar-refractivity contribution in [1.29, 1.82) is 0 Å². The van der Waals surface area contributed by atoms with E-state index in [9.17, 15) is 13.2 Å². The quantitative estimate of drug-likeness (QED) is 0.809. The molecule has 0 aromatic heterocycles. The summed E-state index contributed by atoms with van der Waals surface area (Å²) in [5.41, 5.74) is 1.04. The molecule has 1 aliphatic rings. The summed E-state index contributed by atoms with van der Waals surface area (Å²) in [6, 6.07) is 9.68. The van der Waals surface area contributed by atoms with Crippen molar-refractivity contribution in [2.24, 2.45) is 5.92 Å². The molecule has 2 rings (SSSR count). The molecule has 0 heterocycles. The third kappa shape index (κ3) is 3.88. The normalized spacial score (nSPS) is 18.3. The van der Waals surface area contributed by atoms with Gasteiger partial charge in [0.2, 0.25) is 5.91 Å².